The van der Waals surface area contributed by atoms with Crippen LogP contribution in [0.2, 0.25) is 0 Å². The van der Waals surface area contributed by atoms with Crippen molar-refractivity contribution in [3.63, 3.8) is 0 Å². The van der Waals surface area contributed by atoms with E-state index in [1.807, 2.05) is 62.4 Å². The predicted octanol–water partition coefficient (Wildman–Crippen LogP) is 3.26. The summed E-state index contributed by atoms with van der Waals surface area (Å²) in [4.78, 5) is 14.7. The molecular weight excluding hydrogens is 386 g/mol. The molecule has 4 rings (SSSR count). The summed E-state index contributed by atoms with van der Waals surface area (Å²) in [5, 5.41) is 3.15. The molecule has 0 spiro atoms. The van der Waals surface area contributed by atoms with Crippen molar-refractivity contribution in [1.29, 1.82) is 0 Å². The lowest BCUT2D eigenvalue weighted by molar-refractivity contribution is -0.886. The molecule has 0 saturated carbocycles. The number of quaternary nitrogens is 1. The minimum atomic E-state index is -0.0130. The third-order valence-electron chi connectivity index (χ3n) is 6.04. The van der Waals surface area contributed by atoms with E-state index in [-0.39, 0.29) is 5.91 Å². The molecule has 3 aromatic rings. The highest BCUT2D eigenvalue weighted by atomic mass is 16.5. The molecule has 0 aliphatic carbocycles. The van der Waals surface area contributed by atoms with Gasteiger partial charge in [-0.3, -0.25) is 4.79 Å². The Morgan fingerprint density at radius 2 is 1.77 bits per heavy atom. The zero-order chi connectivity index (χ0) is 21.6. The molecule has 1 aliphatic rings. The molecule has 162 valence electrons. The molecule has 1 fully saturated rings. The van der Waals surface area contributed by atoms with E-state index in [4.69, 9.17) is 4.74 Å². The summed E-state index contributed by atoms with van der Waals surface area (Å²) in [5.74, 6) is 0.798. The summed E-state index contributed by atoms with van der Waals surface area (Å²) in [7, 11) is 0. The van der Waals surface area contributed by atoms with Gasteiger partial charge in [-0.1, -0.05) is 42.5 Å². The largest absolute Gasteiger partial charge is 0.492 e. The molecular formula is C26H32N3O2+. The lowest BCUT2D eigenvalue weighted by Gasteiger charge is -2.16. The van der Waals surface area contributed by atoms with Gasteiger partial charge in [0, 0.05) is 18.5 Å². The molecule has 0 radical (unpaired) electrons. The molecule has 2 N–H and O–H groups in total. The van der Waals surface area contributed by atoms with Crippen LogP contribution < -0.4 is 15.0 Å². The van der Waals surface area contributed by atoms with Crippen molar-refractivity contribution in [2.24, 2.45) is 0 Å². The predicted molar refractivity (Wildman–Crippen MR) is 124 cm³/mol. The first-order valence-electron chi connectivity index (χ1n) is 11.3. The van der Waals surface area contributed by atoms with Crippen LogP contribution >= 0.6 is 0 Å². The van der Waals surface area contributed by atoms with Gasteiger partial charge >= 0.3 is 0 Å². The fourth-order valence-corrected chi connectivity index (χ4v) is 4.46. The molecule has 0 atom stereocenters. The van der Waals surface area contributed by atoms with E-state index < -0.39 is 0 Å². The maximum atomic E-state index is 13.1. The van der Waals surface area contributed by atoms with E-state index in [9.17, 15) is 4.79 Å². The number of nitrogens with one attached hydrogen (secondary N) is 2. The number of nitrogens with zero attached hydrogens (tertiary/aromatic N) is 1. The van der Waals surface area contributed by atoms with Gasteiger partial charge in [-0.25, -0.2) is 0 Å². The number of para-hydroxylation sites is 2. The first-order chi connectivity index (χ1) is 15.2. The van der Waals surface area contributed by atoms with Gasteiger partial charge in [0.1, 0.15) is 5.75 Å². The minimum Gasteiger partial charge on any atom is -0.492 e. The maximum Gasteiger partial charge on any atom is 0.253 e. The lowest BCUT2D eigenvalue weighted by Crippen LogP contribution is -3.10. The second kappa shape index (κ2) is 9.84. The Labute approximate surface area is 184 Å². The number of carbonyl (C=O) groups is 1. The average Bonchev–Trinajstić information content (AvgIpc) is 3.43. The Morgan fingerprint density at radius 1 is 1.06 bits per heavy atom. The van der Waals surface area contributed by atoms with Crippen LogP contribution in [0.15, 0.2) is 60.7 Å². The van der Waals surface area contributed by atoms with E-state index in [0.717, 1.165) is 34.9 Å². The van der Waals surface area contributed by atoms with Crippen molar-refractivity contribution in [2.75, 3.05) is 32.8 Å². The summed E-state index contributed by atoms with van der Waals surface area (Å²) >= 11 is 0. The number of amides is 1. The van der Waals surface area contributed by atoms with Gasteiger partial charge in [-0.2, -0.15) is 0 Å². The highest BCUT2D eigenvalue weighted by Crippen LogP contribution is 2.33. The van der Waals surface area contributed by atoms with Gasteiger partial charge in [-0.15, -0.1) is 0 Å². The first kappa shape index (κ1) is 21.2. The number of aromatic nitrogens is 1. The number of benzene rings is 2. The quantitative estimate of drug-likeness (QED) is 0.590. The monoisotopic (exact) mass is 418 g/mol. The van der Waals surface area contributed by atoms with Crippen molar-refractivity contribution in [1.82, 2.24) is 9.88 Å². The summed E-state index contributed by atoms with van der Waals surface area (Å²) in [6, 6.07) is 20.2. The highest BCUT2D eigenvalue weighted by molar-refractivity contribution is 5.97. The average molecular weight is 419 g/mol. The van der Waals surface area contributed by atoms with Crippen LogP contribution in [0.25, 0.3) is 16.9 Å². The van der Waals surface area contributed by atoms with Crippen LogP contribution in [0.4, 0.5) is 0 Å². The number of ether oxygens (including phenoxy) is 1. The third kappa shape index (κ3) is 4.67. The van der Waals surface area contributed by atoms with Gasteiger partial charge in [0.2, 0.25) is 0 Å². The number of rotatable bonds is 8. The van der Waals surface area contributed by atoms with Crippen LogP contribution in [0.5, 0.6) is 5.75 Å². The molecule has 0 unspecified atom stereocenters. The molecule has 0 bridgehead atoms. The summed E-state index contributed by atoms with van der Waals surface area (Å²) in [6.45, 7) is 8.72. The molecule has 2 aromatic carbocycles. The minimum absolute atomic E-state index is 0.0130. The fraction of sp³-hybridized carbons (Fsp3) is 0.346. The van der Waals surface area contributed by atoms with Crippen molar-refractivity contribution in [3.8, 4) is 22.7 Å². The van der Waals surface area contributed by atoms with Gasteiger partial charge in [-0.05, 0) is 37.6 Å². The second-order valence-electron chi connectivity index (χ2n) is 8.09. The van der Waals surface area contributed by atoms with Gasteiger partial charge in [0.05, 0.1) is 49.7 Å². The number of likely N-dealkylation sites (tertiary alicyclic amines) is 1. The van der Waals surface area contributed by atoms with Gasteiger partial charge in [0.15, 0.2) is 0 Å². The molecule has 1 saturated heterocycles. The number of hydrogen-bond acceptors (Lipinski definition) is 2. The molecule has 5 heteroatoms. The van der Waals surface area contributed by atoms with E-state index in [0.29, 0.717) is 18.7 Å². The van der Waals surface area contributed by atoms with Crippen molar-refractivity contribution >= 4 is 5.91 Å². The van der Waals surface area contributed by atoms with Gasteiger partial charge < -0.3 is 19.5 Å². The Morgan fingerprint density at radius 3 is 2.52 bits per heavy atom. The summed E-state index contributed by atoms with van der Waals surface area (Å²) in [6.07, 6.45) is 2.59. The van der Waals surface area contributed by atoms with Crippen molar-refractivity contribution in [3.05, 3.63) is 71.9 Å². The molecule has 1 aliphatic heterocycles. The van der Waals surface area contributed by atoms with Crippen LogP contribution in [-0.4, -0.2) is 43.3 Å². The highest BCUT2D eigenvalue weighted by Gasteiger charge is 2.22. The van der Waals surface area contributed by atoms with E-state index in [1.54, 1.807) is 4.90 Å². The fourth-order valence-electron chi connectivity index (χ4n) is 4.46. The summed E-state index contributed by atoms with van der Waals surface area (Å²) in [5.41, 5.74) is 4.62. The molecule has 2 heterocycles. The SMILES string of the molecule is CCOc1ccccc1-n1c(-c2ccccc2)cc(C(=O)NCC[NH+]2CCCC2)c1C. The number of hydrogen-bond donors (Lipinski definition) is 2. The lowest BCUT2D eigenvalue weighted by atomic mass is 10.1. The summed E-state index contributed by atoms with van der Waals surface area (Å²) < 4.78 is 8.04. The molecule has 31 heavy (non-hydrogen) atoms. The Hall–Kier alpha value is -3.05. The van der Waals surface area contributed by atoms with Crippen LogP contribution in [0.1, 0.15) is 35.8 Å². The first-order valence-corrected chi connectivity index (χ1v) is 11.3. The Kier molecular flexibility index (Phi) is 6.73. The van der Waals surface area contributed by atoms with Gasteiger partial charge in [0.25, 0.3) is 5.91 Å². The number of carbonyl (C=O) groups excluding carboxylic acids is 1. The Bertz CT molecular complexity index is 1020. The standard InChI is InChI=1S/C26H31N3O2/c1-3-31-25-14-8-7-13-23(25)29-20(2)22(19-24(29)21-11-5-4-6-12-21)26(30)27-15-18-28-16-9-10-17-28/h4-8,11-14,19H,3,9-10,15-18H2,1-2H3,(H,27,30)/p+1. The van der Waals surface area contributed by atoms with E-state index >= 15 is 0 Å². The third-order valence-corrected chi connectivity index (χ3v) is 6.04. The smallest absolute Gasteiger partial charge is 0.253 e. The molecule has 1 amide bonds. The molecule has 1 aromatic heterocycles. The van der Waals surface area contributed by atoms with Crippen LogP contribution in [-0.2, 0) is 0 Å². The Balaban J connectivity index is 1.68. The second-order valence-corrected chi connectivity index (χ2v) is 8.09. The topological polar surface area (TPSA) is 47.7 Å². The van der Waals surface area contributed by atoms with Crippen molar-refractivity contribution < 1.29 is 14.4 Å². The maximum absolute atomic E-state index is 13.1. The molecule has 5 nitrogen and oxygen atoms in total. The van der Waals surface area contributed by atoms with Crippen molar-refractivity contribution in [2.45, 2.75) is 26.7 Å². The zero-order valence-corrected chi connectivity index (χ0v) is 18.5. The van der Waals surface area contributed by atoms with E-state index in [1.165, 1.54) is 25.9 Å². The van der Waals surface area contributed by atoms with Crippen LogP contribution in [0, 0.1) is 6.92 Å². The zero-order valence-electron chi connectivity index (χ0n) is 18.5. The van der Waals surface area contributed by atoms with E-state index in [2.05, 4.69) is 22.0 Å². The normalized spacial score (nSPS) is 14.0. The van der Waals surface area contributed by atoms with Crippen LogP contribution in [0.3, 0.4) is 0 Å².